The van der Waals surface area contributed by atoms with E-state index >= 15 is 0 Å². The van der Waals surface area contributed by atoms with E-state index in [0.717, 1.165) is 16.5 Å². The fourth-order valence-electron chi connectivity index (χ4n) is 1.98. The molecule has 0 radical (unpaired) electrons. The van der Waals surface area contributed by atoms with Crippen molar-refractivity contribution in [3.8, 4) is 0 Å². The van der Waals surface area contributed by atoms with Crippen molar-refractivity contribution in [2.24, 2.45) is 0 Å². The van der Waals surface area contributed by atoms with E-state index in [0.29, 0.717) is 22.5 Å². The van der Waals surface area contributed by atoms with Crippen LogP contribution in [0, 0.1) is 0 Å². The number of nitrogens with one attached hydrogen (secondary N) is 1. The number of pyridine rings is 1. The lowest BCUT2D eigenvalue weighted by atomic mass is 10.1. The predicted molar refractivity (Wildman–Crippen MR) is 81.1 cm³/mol. The van der Waals surface area contributed by atoms with Crippen molar-refractivity contribution in [3.05, 3.63) is 58.5 Å². The van der Waals surface area contributed by atoms with Crippen LogP contribution in [-0.2, 0) is 6.54 Å². The van der Waals surface area contributed by atoms with E-state index in [2.05, 4.69) is 20.5 Å². The Hall–Kier alpha value is -1.91. The fraction of sp³-hybridized carbons (Fsp3) is 0.0714. The molecule has 0 bridgehead atoms. The minimum absolute atomic E-state index is 0.294. The van der Waals surface area contributed by atoms with Gasteiger partial charge in [-0.1, -0.05) is 47.5 Å². The SMILES string of the molecule is Clc1cc(NCc2cccc3cccnc23)c(Cl)nn1. The minimum atomic E-state index is 0.294. The van der Waals surface area contributed by atoms with Gasteiger partial charge in [0.05, 0.1) is 11.2 Å². The molecular formula is C14H10Cl2N4. The van der Waals surface area contributed by atoms with E-state index in [9.17, 15) is 0 Å². The van der Waals surface area contributed by atoms with E-state index < -0.39 is 0 Å². The third kappa shape index (κ3) is 2.66. The van der Waals surface area contributed by atoms with Crippen LogP contribution in [0.25, 0.3) is 10.9 Å². The molecule has 0 saturated carbocycles. The maximum absolute atomic E-state index is 5.97. The molecule has 0 unspecified atom stereocenters. The van der Waals surface area contributed by atoms with E-state index in [1.54, 1.807) is 12.3 Å². The molecule has 0 aliphatic rings. The normalized spacial score (nSPS) is 10.7. The van der Waals surface area contributed by atoms with Crippen molar-refractivity contribution >= 4 is 39.8 Å². The van der Waals surface area contributed by atoms with Crippen LogP contribution in [0.5, 0.6) is 0 Å². The van der Waals surface area contributed by atoms with Crippen LogP contribution in [0.3, 0.4) is 0 Å². The maximum Gasteiger partial charge on any atom is 0.174 e. The molecule has 0 aliphatic heterocycles. The fourth-order valence-corrected chi connectivity index (χ4v) is 2.28. The number of rotatable bonds is 3. The summed E-state index contributed by atoms with van der Waals surface area (Å²) in [5, 5.41) is 12.3. The zero-order chi connectivity index (χ0) is 13.9. The number of para-hydroxylation sites is 1. The lowest BCUT2D eigenvalue weighted by Gasteiger charge is -2.09. The van der Waals surface area contributed by atoms with Gasteiger partial charge in [0, 0.05) is 24.2 Å². The van der Waals surface area contributed by atoms with Gasteiger partial charge in [0.25, 0.3) is 0 Å². The van der Waals surface area contributed by atoms with E-state index in [4.69, 9.17) is 23.2 Å². The molecule has 3 rings (SSSR count). The second-order valence-electron chi connectivity index (χ2n) is 4.22. The average molecular weight is 305 g/mol. The van der Waals surface area contributed by atoms with Crippen molar-refractivity contribution < 1.29 is 0 Å². The van der Waals surface area contributed by atoms with Crippen LogP contribution in [0.1, 0.15) is 5.56 Å². The average Bonchev–Trinajstić information content (AvgIpc) is 2.48. The largest absolute Gasteiger partial charge is 0.378 e. The molecule has 1 N–H and O–H groups in total. The number of hydrogen-bond donors (Lipinski definition) is 1. The van der Waals surface area contributed by atoms with Crippen molar-refractivity contribution in [1.82, 2.24) is 15.2 Å². The number of anilines is 1. The first-order chi connectivity index (χ1) is 9.74. The molecule has 0 amide bonds. The lowest BCUT2D eigenvalue weighted by molar-refractivity contribution is 1.02. The molecule has 0 atom stereocenters. The summed E-state index contributed by atoms with van der Waals surface area (Å²) in [6.07, 6.45) is 1.78. The van der Waals surface area contributed by atoms with Crippen molar-refractivity contribution in [1.29, 1.82) is 0 Å². The number of nitrogens with zero attached hydrogens (tertiary/aromatic N) is 3. The second-order valence-corrected chi connectivity index (χ2v) is 4.96. The third-order valence-corrected chi connectivity index (χ3v) is 3.37. The van der Waals surface area contributed by atoms with Crippen molar-refractivity contribution in [2.45, 2.75) is 6.54 Å². The highest BCUT2D eigenvalue weighted by Gasteiger charge is 2.06. The molecule has 4 nitrogen and oxygen atoms in total. The zero-order valence-electron chi connectivity index (χ0n) is 10.3. The summed E-state index contributed by atoms with van der Waals surface area (Å²) in [4.78, 5) is 4.41. The van der Waals surface area contributed by atoms with Crippen LogP contribution in [0.15, 0.2) is 42.6 Å². The van der Waals surface area contributed by atoms with Crippen molar-refractivity contribution in [2.75, 3.05) is 5.32 Å². The monoisotopic (exact) mass is 304 g/mol. The molecule has 6 heteroatoms. The summed E-state index contributed by atoms with van der Waals surface area (Å²) < 4.78 is 0. The van der Waals surface area contributed by atoms with Crippen LogP contribution in [0.2, 0.25) is 10.3 Å². The first-order valence-corrected chi connectivity index (χ1v) is 6.75. The maximum atomic E-state index is 5.97. The van der Waals surface area contributed by atoms with Gasteiger partial charge < -0.3 is 5.32 Å². The lowest BCUT2D eigenvalue weighted by Crippen LogP contribution is -2.02. The highest BCUT2D eigenvalue weighted by Crippen LogP contribution is 2.23. The number of fused-ring (bicyclic) bond motifs is 1. The van der Waals surface area contributed by atoms with Gasteiger partial charge in [-0.3, -0.25) is 4.98 Å². The van der Waals surface area contributed by atoms with Gasteiger partial charge in [0.2, 0.25) is 0 Å². The molecule has 2 aromatic heterocycles. The summed E-state index contributed by atoms with van der Waals surface area (Å²) in [6, 6.07) is 11.7. The molecule has 0 saturated heterocycles. The highest BCUT2D eigenvalue weighted by atomic mass is 35.5. The Bertz CT molecular complexity index is 756. The van der Waals surface area contributed by atoms with Crippen LogP contribution < -0.4 is 5.32 Å². The van der Waals surface area contributed by atoms with E-state index in [1.165, 1.54) is 0 Å². The standard InChI is InChI=1S/C14H10Cl2N4/c15-12-7-11(14(16)20-19-12)18-8-10-4-1-3-9-5-2-6-17-13(9)10/h1-7H,8H2,(H,18,19). The van der Waals surface area contributed by atoms with Gasteiger partial charge in [-0.15, -0.1) is 10.2 Å². The molecule has 0 spiro atoms. The Morgan fingerprint density at radius 1 is 1.05 bits per heavy atom. The van der Waals surface area contributed by atoms with Gasteiger partial charge in [-0.2, -0.15) is 0 Å². The van der Waals surface area contributed by atoms with Crippen molar-refractivity contribution in [3.63, 3.8) is 0 Å². The summed E-state index contributed by atoms with van der Waals surface area (Å²) >= 11 is 11.8. The molecule has 1 aromatic carbocycles. The number of halogens is 2. The molecule has 2 heterocycles. The van der Waals surface area contributed by atoms with E-state index in [1.807, 2.05) is 30.3 Å². The topological polar surface area (TPSA) is 50.7 Å². The number of aromatic nitrogens is 3. The number of benzene rings is 1. The number of hydrogen-bond acceptors (Lipinski definition) is 4. The molecule has 0 fully saturated rings. The first kappa shape index (κ1) is 13.1. The summed E-state index contributed by atoms with van der Waals surface area (Å²) in [5.74, 6) is 0. The highest BCUT2D eigenvalue weighted by molar-refractivity contribution is 6.33. The first-order valence-electron chi connectivity index (χ1n) is 5.99. The predicted octanol–water partition coefficient (Wildman–Crippen LogP) is 3.94. The minimum Gasteiger partial charge on any atom is -0.378 e. The summed E-state index contributed by atoms with van der Waals surface area (Å²) in [5.41, 5.74) is 2.69. The Labute approximate surface area is 125 Å². The zero-order valence-corrected chi connectivity index (χ0v) is 11.9. The van der Waals surface area contributed by atoms with Gasteiger partial charge >= 0.3 is 0 Å². The second kappa shape index (κ2) is 5.61. The van der Waals surface area contributed by atoms with Gasteiger partial charge in [-0.25, -0.2) is 0 Å². The smallest absolute Gasteiger partial charge is 0.174 e. The summed E-state index contributed by atoms with van der Waals surface area (Å²) in [7, 11) is 0. The third-order valence-electron chi connectivity index (χ3n) is 2.90. The Kier molecular flexibility index (Phi) is 3.67. The Morgan fingerprint density at radius 2 is 1.90 bits per heavy atom. The van der Waals surface area contributed by atoms with Crippen LogP contribution in [0.4, 0.5) is 5.69 Å². The summed E-state index contributed by atoms with van der Waals surface area (Å²) in [6.45, 7) is 0.579. The van der Waals surface area contributed by atoms with Gasteiger partial charge in [-0.05, 0) is 11.6 Å². The van der Waals surface area contributed by atoms with Gasteiger partial charge in [0.1, 0.15) is 0 Å². The van der Waals surface area contributed by atoms with Crippen LogP contribution in [-0.4, -0.2) is 15.2 Å². The molecule has 3 aromatic rings. The molecular weight excluding hydrogens is 295 g/mol. The van der Waals surface area contributed by atoms with E-state index in [-0.39, 0.29) is 0 Å². The molecule has 0 aliphatic carbocycles. The quantitative estimate of drug-likeness (QED) is 0.796. The Balaban J connectivity index is 1.89. The Morgan fingerprint density at radius 3 is 2.80 bits per heavy atom. The van der Waals surface area contributed by atoms with Crippen LogP contribution >= 0.6 is 23.2 Å². The molecule has 100 valence electrons. The van der Waals surface area contributed by atoms with Gasteiger partial charge in [0.15, 0.2) is 10.3 Å². The molecule has 20 heavy (non-hydrogen) atoms.